The molecule has 6 heteroatoms. The lowest BCUT2D eigenvalue weighted by Gasteiger charge is -2.36. The Morgan fingerprint density at radius 1 is 1.47 bits per heavy atom. The smallest absolute Gasteiger partial charge is 0.337 e. The molecule has 4 nitrogen and oxygen atoms in total. The first-order chi connectivity index (χ1) is 8.56. The summed E-state index contributed by atoms with van der Waals surface area (Å²) in [6.07, 6.45) is 1.44. The minimum Gasteiger partial charge on any atom is -0.478 e. The highest BCUT2D eigenvalue weighted by atomic mass is 35.5. The highest BCUT2D eigenvalue weighted by Gasteiger charge is 2.37. The van der Waals surface area contributed by atoms with Crippen LogP contribution in [0.25, 0.3) is 0 Å². The lowest BCUT2D eigenvalue weighted by atomic mass is 10.2. The van der Waals surface area contributed by atoms with Crippen LogP contribution in [0, 0.1) is 0 Å². The van der Waals surface area contributed by atoms with E-state index in [1.54, 1.807) is 0 Å². The molecule has 1 rings (SSSR count). The average Bonchev–Trinajstić information content (AvgIpc) is 2.25. The monoisotopic (exact) mass is 301 g/mol. The highest BCUT2D eigenvalue weighted by Crippen LogP contribution is 2.37. The zero-order valence-corrected chi connectivity index (χ0v) is 13.7. The van der Waals surface area contributed by atoms with Crippen LogP contribution in [-0.4, -0.2) is 24.4 Å². The normalized spacial score (nSPS) is 12.5. The second kappa shape index (κ2) is 5.61. The summed E-state index contributed by atoms with van der Waals surface area (Å²) in [6, 6.07) is 1.39. The van der Waals surface area contributed by atoms with E-state index >= 15 is 0 Å². The second-order valence-corrected chi connectivity index (χ2v) is 11.2. The van der Waals surface area contributed by atoms with Crippen molar-refractivity contribution >= 4 is 25.9 Å². The van der Waals surface area contributed by atoms with Crippen LogP contribution < -0.4 is 0 Å². The zero-order valence-electron chi connectivity index (χ0n) is 12.0. The first-order valence-electron chi connectivity index (χ1n) is 6.07. The van der Waals surface area contributed by atoms with Gasteiger partial charge in [-0.05, 0) is 24.2 Å². The number of aromatic nitrogens is 1. The number of carboxylic acids is 1. The fourth-order valence-corrected chi connectivity index (χ4v) is 2.40. The number of hydrogen-bond donors (Lipinski definition) is 1. The summed E-state index contributed by atoms with van der Waals surface area (Å²) in [5.74, 6) is -1.05. The standard InChI is InChI=1S/C13H20ClNO3Si/c1-13(2,3)19(4,5)18-8-10-11(14)9(12(16)17)6-7-15-10/h6-7H,8H2,1-5H3,(H,16,17). The molecule has 0 amide bonds. The van der Waals surface area contributed by atoms with Crippen molar-refractivity contribution < 1.29 is 14.3 Å². The molecule has 19 heavy (non-hydrogen) atoms. The Kier molecular flexibility index (Phi) is 4.76. The molecule has 0 radical (unpaired) electrons. The molecule has 0 unspecified atom stereocenters. The third-order valence-electron chi connectivity index (χ3n) is 3.57. The molecule has 0 bridgehead atoms. The highest BCUT2D eigenvalue weighted by molar-refractivity contribution is 6.74. The fourth-order valence-electron chi connectivity index (χ4n) is 1.22. The molecule has 0 saturated carbocycles. The molecule has 0 aliphatic carbocycles. The molecule has 1 N–H and O–H groups in total. The summed E-state index contributed by atoms with van der Waals surface area (Å²) in [5, 5.41) is 9.25. The van der Waals surface area contributed by atoms with Crippen molar-refractivity contribution in [3.63, 3.8) is 0 Å². The quantitative estimate of drug-likeness (QED) is 0.855. The number of rotatable bonds is 4. The van der Waals surface area contributed by atoms with Crippen LogP contribution in [0.4, 0.5) is 0 Å². The maximum Gasteiger partial charge on any atom is 0.337 e. The van der Waals surface area contributed by atoms with Gasteiger partial charge >= 0.3 is 5.97 Å². The summed E-state index contributed by atoms with van der Waals surface area (Å²) < 4.78 is 5.99. The second-order valence-electron chi connectivity index (χ2n) is 5.97. The van der Waals surface area contributed by atoms with E-state index in [9.17, 15) is 4.79 Å². The topological polar surface area (TPSA) is 59.4 Å². The van der Waals surface area contributed by atoms with Crippen LogP contribution in [0.2, 0.25) is 23.2 Å². The predicted molar refractivity (Wildman–Crippen MR) is 78.2 cm³/mol. The van der Waals surface area contributed by atoms with E-state index in [1.807, 2.05) is 0 Å². The van der Waals surface area contributed by atoms with Gasteiger partial charge in [-0.15, -0.1) is 0 Å². The van der Waals surface area contributed by atoms with Crippen LogP contribution in [0.3, 0.4) is 0 Å². The molecule has 0 atom stereocenters. The molecule has 0 aliphatic heterocycles. The van der Waals surface area contributed by atoms with Gasteiger partial charge in [-0.3, -0.25) is 4.98 Å². The summed E-state index contributed by atoms with van der Waals surface area (Å²) in [5.41, 5.74) is 0.539. The van der Waals surface area contributed by atoms with Crippen molar-refractivity contribution in [2.45, 2.75) is 45.5 Å². The van der Waals surface area contributed by atoms with Gasteiger partial charge in [0.2, 0.25) is 0 Å². The summed E-state index contributed by atoms with van der Waals surface area (Å²) in [7, 11) is -1.90. The molecule has 1 aromatic rings. The first-order valence-corrected chi connectivity index (χ1v) is 9.35. The zero-order chi connectivity index (χ0) is 14.8. The molecule has 106 valence electrons. The Labute approximate surface area is 119 Å². The largest absolute Gasteiger partial charge is 0.478 e. The SMILES string of the molecule is CC(C)(C)[Si](C)(C)OCc1nccc(C(=O)O)c1Cl. The van der Waals surface area contributed by atoms with E-state index in [2.05, 4.69) is 38.8 Å². The van der Waals surface area contributed by atoms with E-state index in [4.69, 9.17) is 21.1 Å². The van der Waals surface area contributed by atoms with E-state index in [-0.39, 0.29) is 22.2 Å². The molecule has 0 aliphatic rings. The lowest BCUT2D eigenvalue weighted by Crippen LogP contribution is -2.40. The number of carboxylic acid groups (broad SMARTS) is 1. The molecule has 0 fully saturated rings. The van der Waals surface area contributed by atoms with Crippen molar-refractivity contribution in [1.82, 2.24) is 4.98 Å². The average molecular weight is 302 g/mol. The number of pyridine rings is 1. The van der Waals surface area contributed by atoms with Gasteiger partial charge in [-0.2, -0.15) is 0 Å². The Hall–Kier alpha value is -0.913. The fraction of sp³-hybridized carbons (Fsp3) is 0.538. The van der Waals surface area contributed by atoms with Crippen LogP contribution >= 0.6 is 11.6 Å². The van der Waals surface area contributed by atoms with Gasteiger partial charge in [0.05, 0.1) is 22.9 Å². The van der Waals surface area contributed by atoms with Crippen LogP contribution in [-0.2, 0) is 11.0 Å². The van der Waals surface area contributed by atoms with Crippen molar-refractivity contribution in [3.05, 3.63) is 28.5 Å². The number of nitrogens with zero attached hydrogens (tertiary/aromatic N) is 1. The van der Waals surface area contributed by atoms with E-state index < -0.39 is 14.3 Å². The summed E-state index contributed by atoms with van der Waals surface area (Å²) in [6.45, 7) is 10.9. The molecule has 1 aromatic heterocycles. The van der Waals surface area contributed by atoms with Gasteiger partial charge < -0.3 is 9.53 Å². The van der Waals surface area contributed by atoms with Crippen LogP contribution in [0.1, 0.15) is 36.8 Å². The Bertz CT molecular complexity index is 483. The number of hydrogen-bond acceptors (Lipinski definition) is 3. The molecule has 0 saturated heterocycles. The van der Waals surface area contributed by atoms with Gasteiger partial charge in [0.1, 0.15) is 0 Å². The third-order valence-corrected chi connectivity index (χ3v) is 8.47. The van der Waals surface area contributed by atoms with Crippen molar-refractivity contribution in [2.24, 2.45) is 0 Å². The molecule has 0 spiro atoms. The van der Waals surface area contributed by atoms with Crippen LogP contribution in [0.5, 0.6) is 0 Å². The minimum absolute atomic E-state index is 0.0606. The van der Waals surface area contributed by atoms with E-state index in [0.717, 1.165) is 0 Å². The predicted octanol–water partition coefficient (Wildman–Crippen LogP) is 3.96. The van der Waals surface area contributed by atoms with E-state index in [1.165, 1.54) is 12.3 Å². The molecular formula is C13H20ClNO3Si. The van der Waals surface area contributed by atoms with Gasteiger partial charge in [0, 0.05) is 6.20 Å². The van der Waals surface area contributed by atoms with Gasteiger partial charge in [-0.25, -0.2) is 4.79 Å². The Morgan fingerprint density at radius 2 is 2.05 bits per heavy atom. The molecular weight excluding hydrogens is 282 g/mol. The summed E-state index contributed by atoms with van der Waals surface area (Å²) in [4.78, 5) is 15.1. The number of halogens is 1. The van der Waals surface area contributed by atoms with Crippen LogP contribution in [0.15, 0.2) is 12.3 Å². The van der Waals surface area contributed by atoms with Crippen molar-refractivity contribution in [3.8, 4) is 0 Å². The van der Waals surface area contributed by atoms with Crippen molar-refractivity contribution in [2.75, 3.05) is 0 Å². The maximum atomic E-state index is 11.0. The Morgan fingerprint density at radius 3 is 2.53 bits per heavy atom. The van der Waals surface area contributed by atoms with Crippen molar-refractivity contribution in [1.29, 1.82) is 0 Å². The lowest BCUT2D eigenvalue weighted by molar-refractivity contribution is 0.0696. The van der Waals surface area contributed by atoms with Gasteiger partial charge in [0.25, 0.3) is 0 Å². The number of carbonyl (C=O) groups is 1. The molecule has 0 aromatic carbocycles. The van der Waals surface area contributed by atoms with E-state index in [0.29, 0.717) is 5.69 Å². The maximum absolute atomic E-state index is 11.0. The minimum atomic E-state index is -1.90. The van der Waals surface area contributed by atoms with Gasteiger partial charge in [0.15, 0.2) is 8.32 Å². The number of aromatic carboxylic acids is 1. The molecule has 1 heterocycles. The first kappa shape index (κ1) is 16.1. The van der Waals surface area contributed by atoms with Gasteiger partial charge in [-0.1, -0.05) is 32.4 Å². The third kappa shape index (κ3) is 3.78. The Balaban J connectivity index is 2.91. The summed E-state index contributed by atoms with van der Waals surface area (Å²) >= 11 is 6.04.